The van der Waals surface area contributed by atoms with E-state index in [1.54, 1.807) is 0 Å². The van der Waals surface area contributed by atoms with Crippen molar-refractivity contribution in [1.29, 1.82) is 0 Å². The normalized spacial score (nSPS) is 54.5. The molecule has 0 N–H and O–H groups in total. The molecule has 1 aliphatic heterocycles. The van der Waals surface area contributed by atoms with Gasteiger partial charge in [-0.3, -0.25) is 0 Å². The first-order valence-electron chi connectivity index (χ1n) is 5.22. The van der Waals surface area contributed by atoms with E-state index in [0.717, 1.165) is 17.8 Å². The SMILES string of the molecule is CC1CC2CN(C)CC2(C)C1C. The maximum absolute atomic E-state index is 2.51. The summed E-state index contributed by atoms with van der Waals surface area (Å²) in [5.41, 5.74) is 0.633. The van der Waals surface area contributed by atoms with E-state index in [1.807, 2.05) is 0 Å². The van der Waals surface area contributed by atoms with Crippen molar-refractivity contribution in [3.8, 4) is 0 Å². The number of fused-ring (bicyclic) bond motifs is 1. The summed E-state index contributed by atoms with van der Waals surface area (Å²) in [5, 5.41) is 0. The van der Waals surface area contributed by atoms with Crippen molar-refractivity contribution in [2.45, 2.75) is 27.2 Å². The third-order valence-electron chi connectivity index (χ3n) is 4.63. The summed E-state index contributed by atoms with van der Waals surface area (Å²) in [5.74, 6) is 2.86. The first-order valence-corrected chi connectivity index (χ1v) is 5.22. The highest BCUT2D eigenvalue weighted by Gasteiger charge is 2.52. The molecule has 0 spiro atoms. The molecule has 0 amide bonds. The van der Waals surface area contributed by atoms with Crippen LogP contribution in [0.25, 0.3) is 0 Å². The van der Waals surface area contributed by atoms with Crippen molar-refractivity contribution in [2.75, 3.05) is 20.1 Å². The zero-order chi connectivity index (χ0) is 8.93. The zero-order valence-corrected chi connectivity index (χ0v) is 8.80. The van der Waals surface area contributed by atoms with Crippen molar-refractivity contribution < 1.29 is 0 Å². The lowest BCUT2D eigenvalue weighted by atomic mass is 9.76. The smallest absolute Gasteiger partial charge is 0.00382 e. The summed E-state index contributed by atoms with van der Waals surface area (Å²) in [6.45, 7) is 10.0. The molecule has 1 nitrogen and oxygen atoms in total. The van der Waals surface area contributed by atoms with Crippen LogP contribution >= 0.6 is 0 Å². The van der Waals surface area contributed by atoms with Crippen LogP contribution in [0.5, 0.6) is 0 Å². The third kappa shape index (κ3) is 0.953. The standard InChI is InChI=1S/C11H21N/c1-8-5-10-6-12(4)7-11(10,3)9(8)2/h8-10H,5-7H2,1-4H3. The predicted molar refractivity (Wildman–Crippen MR) is 52.0 cm³/mol. The van der Waals surface area contributed by atoms with Crippen LogP contribution < -0.4 is 0 Å². The lowest BCUT2D eigenvalue weighted by Gasteiger charge is -2.30. The van der Waals surface area contributed by atoms with Crippen LogP contribution in [0.15, 0.2) is 0 Å². The molecule has 1 saturated carbocycles. The topological polar surface area (TPSA) is 3.24 Å². The van der Waals surface area contributed by atoms with E-state index in [1.165, 1.54) is 19.5 Å². The Balaban J connectivity index is 2.21. The summed E-state index contributed by atoms with van der Waals surface area (Å²) in [6.07, 6.45) is 1.46. The predicted octanol–water partition coefficient (Wildman–Crippen LogP) is 2.23. The lowest BCUT2D eigenvalue weighted by Crippen LogP contribution is -2.29. The minimum atomic E-state index is 0.633. The van der Waals surface area contributed by atoms with Gasteiger partial charge in [-0.1, -0.05) is 20.8 Å². The molecule has 4 unspecified atom stereocenters. The highest BCUT2D eigenvalue weighted by atomic mass is 15.1. The number of likely N-dealkylation sites (tertiary alicyclic amines) is 1. The molecule has 0 bridgehead atoms. The van der Waals surface area contributed by atoms with Crippen molar-refractivity contribution in [3.05, 3.63) is 0 Å². The van der Waals surface area contributed by atoms with Gasteiger partial charge in [-0.15, -0.1) is 0 Å². The molecular weight excluding hydrogens is 146 g/mol. The second-order valence-corrected chi connectivity index (χ2v) is 5.40. The fourth-order valence-corrected chi connectivity index (χ4v) is 3.52. The summed E-state index contributed by atoms with van der Waals surface area (Å²) < 4.78 is 0. The van der Waals surface area contributed by atoms with Gasteiger partial charge in [0.15, 0.2) is 0 Å². The maximum Gasteiger partial charge on any atom is 0.00382 e. The molecule has 70 valence electrons. The molecule has 4 atom stereocenters. The highest BCUT2D eigenvalue weighted by molar-refractivity contribution is 5.02. The molecule has 0 aromatic rings. The Morgan fingerprint density at radius 2 is 2.00 bits per heavy atom. The van der Waals surface area contributed by atoms with Gasteiger partial charge in [-0.2, -0.15) is 0 Å². The Kier molecular flexibility index (Phi) is 1.76. The average Bonchev–Trinajstić information content (AvgIpc) is 2.34. The van der Waals surface area contributed by atoms with E-state index < -0.39 is 0 Å². The van der Waals surface area contributed by atoms with Crippen molar-refractivity contribution in [3.63, 3.8) is 0 Å². The first kappa shape index (κ1) is 8.55. The van der Waals surface area contributed by atoms with Crippen LogP contribution in [0.3, 0.4) is 0 Å². The van der Waals surface area contributed by atoms with Gasteiger partial charge >= 0.3 is 0 Å². The van der Waals surface area contributed by atoms with Crippen molar-refractivity contribution in [2.24, 2.45) is 23.2 Å². The molecule has 2 rings (SSSR count). The van der Waals surface area contributed by atoms with Gasteiger partial charge in [0.1, 0.15) is 0 Å². The molecular formula is C11H21N. The van der Waals surface area contributed by atoms with Crippen LogP contribution in [-0.2, 0) is 0 Å². The minimum Gasteiger partial charge on any atom is -0.306 e. The monoisotopic (exact) mass is 167 g/mol. The molecule has 1 heteroatoms. The number of nitrogens with zero attached hydrogens (tertiary/aromatic N) is 1. The van der Waals surface area contributed by atoms with E-state index in [-0.39, 0.29) is 0 Å². The summed E-state index contributed by atoms with van der Waals surface area (Å²) in [7, 11) is 2.26. The fraction of sp³-hybridized carbons (Fsp3) is 1.00. The van der Waals surface area contributed by atoms with E-state index >= 15 is 0 Å². The Labute approximate surface area is 76.1 Å². The van der Waals surface area contributed by atoms with Crippen molar-refractivity contribution in [1.82, 2.24) is 4.90 Å². The molecule has 1 saturated heterocycles. The first-order chi connectivity index (χ1) is 5.54. The average molecular weight is 167 g/mol. The maximum atomic E-state index is 2.51. The summed E-state index contributed by atoms with van der Waals surface area (Å²) in [4.78, 5) is 2.51. The van der Waals surface area contributed by atoms with Gasteiger partial charge in [0.2, 0.25) is 0 Å². The molecule has 0 radical (unpaired) electrons. The fourth-order valence-electron chi connectivity index (χ4n) is 3.52. The van der Waals surface area contributed by atoms with Gasteiger partial charge < -0.3 is 4.90 Å². The Hall–Kier alpha value is -0.0400. The second kappa shape index (κ2) is 2.47. The van der Waals surface area contributed by atoms with E-state index in [2.05, 4.69) is 32.7 Å². The largest absolute Gasteiger partial charge is 0.306 e. The van der Waals surface area contributed by atoms with Gasteiger partial charge in [0, 0.05) is 13.1 Å². The molecule has 0 aromatic heterocycles. The van der Waals surface area contributed by atoms with Crippen molar-refractivity contribution >= 4 is 0 Å². The van der Waals surface area contributed by atoms with Crippen LogP contribution in [0, 0.1) is 23.2 Å². The molecule has 2 fully saturated rings. The lowest BCUT2D eigenvalue weighted by molar-refractivity contribution is 0.193. The Morgan fingerprint density at radius 1 is 1.33 bits per heavy atom. The second-order valence-electron chi connectivity index (χ2n) is 5.40. The van der Waals surface area contributed by atoms with E-state index in [9.17, 15) is 0 Å². The van der Waals surface area contributed by atoms with Gasteiger partial charge in [0.05, 0.1) is 0 Å². The number of hydrogen-bond acceptors (Lipinski definition) is 1. The van der Waals surface area contributed by atoms with Gasteiger partial charge in [0.25, 0.3) is 0 Å². The summed E-state index contributed by atoms with van der Waals surface area (Å²) >= 11 is 0. The number of hydrogen-bond donors (Lipinski definition) is 0. The molecule has 12 heavy (non-hydrogen) atoms. The summed E-state index contributed by atoms with van der Waals surface area (Å²) in [6, 6.07) is 0. The molecule has 2 aliphatic rings. The minimum absolute atomic E-state index is 0.633. The van der Waals surface area contributed by atoms with Crippen LogP contribution in [0.4, 0.5) is 0 Å². The molecule has 1 aliphatic carbocycles. The Morgan fingerprint density at radius 3 is 2.58 bits per heavy atom. The molecule has 0 aromatic carbocycles. The van der Waals surface area contributed by atoms with Gasteiger partial charge in [-0.25, -0.2) is 0 Å². The number of rotatable bonds is 0. The quantitative estimate of drug-likeness (QED) is 0.535. The van der Waals surface area contributed by atoms with E-state index in [0.29, 0.717) is 5.41 Å². The highest BCUT2D eigenvalue weighted by Crippen LogP contribution is 2.54. The Bertz CT molecular complexity index is 189. The van der Waals surface area contributed by atoms with Gasteiger partial charge in [-0.05, 0) is 36.6 Å². The third-order valence-corrected chi connectivity index (χ3v) is 4.63. The van der Waals surface area contributed by atoms with Crippen LogP contribution in [0.1, 0.15) is 27.2 Å². The zero-order valence-electron chi connectivity index (χ0n) is 8.80. The van der Waals surface area contributed by atoms with E-state index in [4.69, 9.17) is 0 Å². The molecule has 1 heterocycles. The van der Waals surface area contributed by atoms with Crippen LogP contribution in [-0.4, -0.2) is 25.0 Å². The van der Waals surface area contributed by atoms with Crippen LogP contribution in [0.2, 0.25) is 0 Å².